The predicted octanol–water partition coefficient (Wildman–Crippen LogP) is 2.58. The first-order chi connectivity index (χ1) is 14.9. The predicted molar refractivity (Wildman–Crippen MR) is 119 cm³/mol. The van der Waals surface area contributed by atoms with Crippen molar-refractivity contribution in [1.82, 2.24) is 0 Å². The molecule has 0 radical (unpaired) electrons. The van der Waals surface area contributed by atoms with Crippen molar-refractivity contribution in [3.8, 4) is 0 Å². The summed E-state index contributed by atoms with van der Waals surface area (Å²) in [5, 5.41) is 0. The third kappa shape index (κ3) is 8.78. The molecule has 3 rings (SSSR count). The number of hydrogen-bond acceptors (Lipinski definition) is 7. The van der Waals surface area contributed by atoms with Crippen LogP contribution in [0.1, 0.15) is 19.3 Å². The van der Waals surface area contributed by atoms with Crippen molar-refractivity contribution >= 4 is 11.4 Å². The Balaban J connectivity index is 1.50. The molecule has 0 N–H and O–H groups in total. The summed E-state index contributed by atoms with van der Waals surface area (Å²) in [6.07, 6.45) is 3.94. The van der Waals surface area contributed by atoms with E-state index in [4.69, 9.17) is 23.7 Å². The summed E-state index contributed by atoms with van der Waals surface area (Å²) in [6.45, 7) is 10.0. The molecule has 0 spiro atoms. The van der Waals surface area contributed by atoms with Crippen LogP contribution in [0, 0.1) is 0 Å². The van der Waals surface area contributed by atoms with Crippen molar-refractivity contribution in [1.29, 1.82) is 0 Å². The molecular weight excluding hydrogens is 384 g/mol. The number of benzene rings is 1. The molecule has 2 aliphatic rings. The number of nitrogens with zero attached hydrogens (tertiary/aromatic N) is 2. The van der Waals surface area contributed by atoms with Crippen molar-refractivity contribution in [2.45, 2.75) is 19.3 Å². The third-order valence-electron chi connectivity index (χ3n) is 5.44. The fourth-order valence-corrected chi connectivity index (χ4v) is 3.73. The van der Waals surface area contributed by atoms with E-state index in [0.29, 0.717) is 66.1 Å². The van der Waals surface area contributed by atoms with Crippen LogP contribution in [-0.2, 0) is 23.7 Å². The summed E-state index contributed by atoms with van der Waals surface area (Å²) in [5.41, 5.74) is 2.53. The average molecular weight is 423 g/mol. The highest BCUT2D eigenvalue weighted by atomic mass is 16.6. The molecule has 0 unspecified atom stereocenters. The van der Waals surface area contributed by atoms with Gasteiger partial charge in [0.15, 0.2) is 0 Å². The number of rotatable bonds is 2. The van der Waals surface area contributed by atoms with Crippen LogP contribution in [-0.4, -0.2) is 92.2 Å². The number of piperidine rings is 1. The van der Waals surface area contributed by atoms with Gasteiger partial charge in [0, 0.05) is 37.6 Å². The second-order valence-electron chi connectivity index (χ2n) is 7.61. The average Bonchev–Trinajstić information content (AvgIpc) is 2.80. The first kappa shape index (κ1) is 23.3. The van der Waals surface area contributed by atoms with E-state index in [1.807, 2.05) is 0 Å². The maximum absolute atomic E-state index is 5.77. The van der Waals surface area contributed by atoms with E-state index >= 15 is 0 Å². The van der Waals surface area contributed by atoms with Gasteiger partial charge in [-0.05, 0) is 43.5 Å². The van der Waals surface area contributed by atoms with Crippen LogP contribution in [0.4, 0.5) is 11.4 Å². The summed E-state index contributed by atoms with van der Waals surface area (Å²) in [5.74, 6) is 0. The molecule has 0 amide bonds. The zero-order valence-electron chi connectivity index (χ0n) is 18.3. The largest absolute Gasteiger partial charge is 0.377 e. The van der Waals surface area contributed by atoms with E-state index in [2.05, 4.69) is 34.1 Å². The van der Waals surface area contributed by atoms with E-state index in [9.17, 15) is 0 Å². The molecule has 1 aromatic carbocycles. The minimum Gasteiger partial charge on any atom is -0.377 e. The molecular formula is C23H38N2O5. The number of hydrogen-bond donors (Lipinski definition) is 0. The topological polar surface area (TPSA) is 52.6 Å². The SMILES string of the molecule is c1cc(N2CCOCCOCCOCCOCCOCC2)ccc1N1CCCCC1. The molecule has 0 bridgehead atoms. The first-order valence-corrected chi connectivity index (χ1v) is 11.4. The quantitative estimate of drug-likeness (QED) is 0.726. The van der Waals surface area contributed by atoms with Gasteiger partial charge in [0.05, 0.1) is 66.1 Å². The highest BCUT2D eigenvalue weighted by Crippen LogP contribution is 2.23. The molecule has 0 aromatic heterocycles. The Morgan fingerprint density at radius 3 is 1.13 bits per heavy atom. The zero-order chi connectivity index (χ0) is 20.7. The Hall–Kier alpha value is -1.38. The highest BCUT2D eigenvalue weighted by molar-refractivity contribution is 5.56. The lowest BCUT2D eigenvalue weighted by Gasteiger charge is -2.30. The minimum absolute atomic E-state index is 0.584. The fraction of sp³-hybridized carbons (Fsp3) is 0.739. The van der Waals surface area contributed by atoms with Gasteiger partial charge in [-0.2, -0.15) is 0 Å². The maximum atomic E-state index is 5.77. The Morgan fingerprint density at radius 1 is 0.400 bits per heavy atom. The van der Waals surface area contributed by atoms with Crippen LogP contribution < -0.4 is 9.80 Å². The van der Waals surface area contributed by atoms with Gasteiger partial charge in [-0.3, -0.25) is 0 Å². The molecule has 0 aliphatic carbocycles. The highest BCUT2D eigenvalue weighted by Gasteiger charge is 2.12. The van der Waals surface area contributed by atoms with Crippen LogP contribution in [0.2, 0.25) is 0 Å². The van der Waals surface area contributed by atoms with Crippen LogP contribution in [0.5, 0.6) is 0 Å². The summed E-state index contributed by atoms with van der Waals surface area (Å²) in [7, 11) is 0. The van der Waals surface area contributed by atoms with Crippen molar-refractivity contribution < 1.29 is 23.7 Å². The lowest BCUT2D eigenvalue weighted by Crippen LogP contribution is -2.32. The van der Waals surface area contributed by atoms with E-state index < -0.39 is 0 Å². The van der Waals surface area contributed by atoms with Gasteiger partial charge < -0.3 is 33.5 Å². The first-order valence-electron chi connectivity index (χ1n) is 11.4. The minimum atomic E-state index is 0.584. The van der Waals surface area contributed by atoms with Crippen molar-refractivity contribution in [2.75, 3.05) is 102 Å². The van der Waals surface area contributed by atoms with Crippen LogP contribution in [0.3, 0.4) is 0 Å². The molecule has 1 aromatic rings. The van der Waals surface area contributed by atoms with Gasteiger partial charge in [-0.15, -0.1) is 0 Å². The van der Waals surface area contributed by atoms with Gasteiger partial charge in [0.1, 0.15) is 0 Å². The van der Waals surface area contributed by atoms with Gasteiger partial charge in [-0.1, -0.05) is 0 Å². The monoisotopic (exact) mass is 422 g/mol. The molecule has 2 aliphatic heterocycles. The smallest absolute Gasteiger partial charge is 0.0701 e. The molecule has 30 heavy (non-hydrogen) atoms. The van der Waals surface area contributed by atoms with Crippen LogP contribution >= 0.6 is 0 Å². The van der Waals surface area contributed by atoms with Gasteiger partial charge in [0.2, 0.25) is 0 Å². The fourth-order valence-electron chi connectivity index (χ4n) is 3.73. The third-order valence-corrected chi connectivity index (χ3v) is 5.44. The van der Waals surface area contributed by atoms with E-state index in [0.717, 1.165) is 13.1 Å². The molecule has 2 heterocycles. The van der Waals surface area contributed by atoms with E-state index in [1.54, 1.807) is 0 Å². The second kappa shape index (κ2) is 14.6. The normalized spacial score (nSPS) is 22.3. The molecule has 0 saturated carbocycles. The maximum Gasteiger partial charge on any atom is 0.0701 e. The van der Waals surface area contributed by atoms with Crippen molar-refractivity contribution in [2.24, 2.45) is 0 Å². The summed E-state index contributed by atoms with van der Waals surface area (Å²) >= 11 is 0. The van der Waals surface area contributed by atoms with Crippen LogP contribution in [0.15, 0.2) is 24.3 Å². The second-order valence-corrected chi connectivity index (χ2v) is 7.61. The number of ether oxygens (including phenoxy) is 5. The molecule has 2 saturated heterocycles. The van der Waals surface area contributed by atoms with Crippen LogP contribution in [0.25, 0.3) is 0 Å². The Labute approximate surface area is 181 Å². The zero-order valence-corrected chi connectivity index (χ0v) is 18.3. The van der Waals surface area contributed by atoms with Crippen molar-refractivity contribution in [3.05, 3.63) is 24.3 Å². The van der Waals surface area contributed by atoms with E-state index in [-0.39, 0.29) is 0 Å². The van der Waals surface area contributed by atoms with Gasteiger partial charge >= 0.3 is 0 Å². The lowest BCUT2D eigenvalue weighted by atomic mass is 10.1. The van der Waals surface area contributed by atoms with Crippen molar-refractivity contribution in [3.63, 3.8) is 0 Å². The summed E-state index contributed by atoms with van der Waals surface area (Å²) in [6, 6.07) is 8.94. The summed E-state index contributed by atoms with van der Waals surface area (Å²) < 4.78 is 28.1. The Bertz CT molecular complexity index is 533. The lowest BCUT2D eigenvalue weighted by molar-refractivity contribution is -0.0116. The Morgan fingerprint density at radius 2 is 0.733 bits per heavy atom. The standard InChI is InChI=1S/C23H38N2O5/c1-2-8-24(9-3-1)22-4-6-23(7-5-22)25-10-12-26-14-16-28-18-20-30-21-19-29-17-15-27-13-11-25/h4-7H,1-3,8-21H2. The molecule has 2 fully saturated rings. The van der Waals surface area contributed by atoms with Gasteiger partial charge in [0.25, 0.3) is 0 Å². The molecule has 0 atom stereocenters. The molecule has 7 nitrogen and oxygen atoms in total. The molecule has 7 heteroatoms. The Kier molecular flexibility index (Phi) is 11.3. The van der Waals surface area contributed by atoms with E-state index in [1.165, 1.54) is 43.7 Å². The van der Waals surface area contributed by atoms with Gasteiger partial charge in [-0.25, -0.2) is 0 Å². The number of anilines is 2. The summed E-state index contributed by atoms with van der Waals surface area (Å²) in [4.78, 5) is 4.82. The molecule has 170 valence electrons.